The summed E-state index contributed by atoms with van der Waals surface area (Å²) in [5.74, 6) is -0.150. The fraction of sp³-hybridized carbons (Fsp3) is 0.562. The summed E-state index contributed by atoms with van der Waals surface area (Å²) >= 11 is 0. The normalized spacial score (nSPS) is 11.2. The Bertz CT molecular complexity index is 406. The molecule has 20 heavy (non-hydrogen) atoms. The molecule has 0 aromatic heterocycles. The zero-order valence-corrected chi connectivity index (χ0v) is 13.2. The second-order valence-corrected chi connectivity index (χ2v) is 6.77. The number of anilines is 1. The van der Waals surface area contributed by atoms with Gasteiger partial charge in [0.2, 0.25) is 6.16 Å². The predicted molar refractivity (Wildman–Crippen MR) is 85.8 cm³/mol. The number of benzene rings is 1. The number of rotatable bonds is 10. The zero-order valence-electron chi connectivity index (χ0n) is 12.3. The van der Waals surface area contributed by atoms with Crippen LogP contribution in [0, 0.1) is 0 Å². The van der Waals surface area contributed by atoms with Crippen molar-refractivity contribution in [1.29, 1.82) is 0 Å². The second-order valence-electron chi connectivity index (χ2n) is 5.05. The third kappa shape index (κ3) is 8.06. The highest BCUT2D eigenvalue weighted by Crippen LogP contribution is 2.23. The highest BCUT2D eigenvalue weighted by atomic mass is 31.1. The Kier molecular flexibility index (Phi) is 8.90. The maximum atomic E-state index is 11.8. The molecule has 1 aromatic rings. The lowest BCUT2D eigenvalue weighted by molar-refractivity contribution is -0.113. The Morgan fingerprint density at radius 1 is 1.05 bits per heavy atom. The van der Waals surface area contributed by atoms with Crippen molar-refractivity contribution in [3.63, 3.8) is 0 Å². The van der Waals surface area contributed by atoms with E-state index in [1.165, 1.54) is 25.7 Å². The van der Waals surface area contributed by atoms with Gasteiger partial charge in [-0.1, -0.05) is 55.4 Å². The molecule has 1 unspecified atom stereocenters. The smallest absolute Gasteiger partial charge is 0.322 e. The molecule has 0 aliphatic carbocycles. The van der Waals surface area contributed by atoms with E-state index in [1.54, 1.807) is 0 Å². The van der Waals surface area contributed by atoms with Gasteiger partial charge in [-0.25, -0.2) is 0 Å². The number of hydrogen-bond acceptors (Lipinski definition) is 2. The van der Waals surface area contributed by atoms with E-state index in [-0.39, 0.29) is 12.1 Å². The summed E-state index contributed by atoms with van der Waals surface area (Å²) in [5, 5.41) is 2.77. The molecule has 0 fully saturated rings. The second kappa shape index (κ2) is 10.6. The molecule has 0 bridgehead atoms. The molecule has 1 amide bonds. The molecule has 1 rings (SSSR count). The minimum absolute atomic E-state index is 0.138. The van der Waals surface area contributed by atoms with Crippen LogP contribution in [0.25, 0.3) is 0 Å². The molecule has 1 atom stereocenters. The number of amides is 1. The number of unbranched alkanes of at least 4 members (excludes halogenated alkanes) is 5. The lowest BCUT2D eigenvalue weighted by atomic mass is 10.1. The van der Waals surface area contributed by atoms with E-state index >= 15 is 0 Å². The van der Waals surface area contributed by atoms with Crippen LogP contribution >= 0.6 is 7.80 Å². The van der Waals surface area contributed by atoms with Crippen LogP contribution in [0.3, 0.4) is 0 Å². The van der Waals surface area contributed by atoms with Gasteiger partial charge in [-0.05, 0) is 25.0 Å². The van der Waals surface area contributed by atoms with Crippen molar-refractivity contribution >= 4 is 19.4 Å². The summed E-state index contributed by atoms with van der Waals surface area (Å²) in [4.78, 5) is 11.7. The Labute approximate surface area is 122 Å². The van der Waals surface area contributed by atoms with Gasteiger partial charge in [0.15, 0.2) is 0 Å². The fourth-order valence-electron chi connectivity index (χ4n) is 2.03. The average molecular weight is 294 g/mol. The number of carbonyl (C=O) groups is 1. The molecule has 0 aliphatic rings. The summed E-state index contributed by atoms with van der Waals surface area (Å²) in [6, 6.07) is 9.30. The van der Waals surface area contributed by atoms with Crippen molar-refractivity contribution < 1.29 is 9.36 Å². The Balaban J connectivity index is 2.11. The van der Waals surface area contributed by atoms with Crippen molar-refractivity contribution in [3.05, 3.63) is 30.3 Å². The molecular formula is C16H25NO2P+. The largest absolute Gasteiger partial charge is 0.348 e. The molecule has 0 saturated heterocycles. The summed E-state index contributed by atoms with van der Waals surface area (Å²) in [6.07, 6.45) is 7.91. The maximum Gasteiger partial charge on any atom is 0.348 e. The highest BCUT2D eigenvalue weighted by molar-refractivity contribution is 7.45. The van der Waals surface area contributed by atoms with Crippen LogP contribution in [0.5, 0.6) is 0 Å². The van der Waals surface area contributed by atoms with Gasteiger partial charge in [-0.15, -0.1) is 0 Å². The molecule has 110 valence electrons. The van der Waals surface area contributed by atoms with E-state index in [9.17, 15) is 9.36 Å². The van der Waals surface area contributed by atoms with Crippen LogP contribution in [0.15, 0.2) is 30.3 Å². The molecular weight excluding hydrogens is 269 g/mol. The van der Waals surface area contributed by atoms with Crippen molar-refractivity contribution in [2.24, 2.45) is 0 Å². The van der Waals surface area contributed by atoms with Crippen LogP contribution in [0.1, 0.15) is 45.4 Å². The van der Waals surface area contributed by atoms with E-state index in [0.29, 0.717) is 6.16 Å². The summed E-state index contributed by atoms with van der Waals surface area (Å²) in [6.45, 7) is 2.20. The minimum Gasteiger partial charge on any atom is -0.322 e. The van der Waals surface area contributed by atoms with Gasteiger partial charge in [0.05, 0.1) is 0 Å². The molecule has 0 saturated carbocycles. The third-order valence-electron chi connectivity index (χ3n) is 3.14. The number of para-hydroxylation sites is 1. The lowest BCUT2D eigenvalue weighted by Crippen LogP contribution is -2.14. The molecule has 0 heterocycles. The number of hydrogen-bond donors (Lipinski definition) is 1. The van der Waals surface area contributed by atoms with Crippen molar-refractivity contribution in [2.45, 2.75) is 45.4 Å². The number of carbonyl (C=O) groups excluding carboxylic acids is 1. The Morgan fingerprint density at radius 3 is 2.40 bits per heavy atom. The summed E-state index contributed by atoms with van der Waals surface area (Å²) in [7, 11) is -1.40. The topological polar surface area (TPSA) is 46.2 Å². The SMILES string of the molecule is CCCCCCCC[P+](=O)CC(=O)Nc1ccccc1. The van der Waals surface area contributed by atoms with Crippen molar-refractivity contribution in [3.8, 4) is 0 Å². The van der Waals surface area contributed by atoms with E-state index in [0.717, 1.165) is 18.5 Å². The van der Waals surface area contributed by atoms with Gasteiger partial charge in [-0.2, -0.15) is 0 Å². The monoisotopic (exact) mass is 294 g/mol. The van der Waals surface area contributed by atoms with Crippen LogP contribution in [0.4, 0.5) is 5.69 Å². The fourth-order valence-corrected chi connectivity index (χ4v) is 3.16. The van der Waals surface area contributed by atoms with Crippen LogP contribution in [-0.4, -0.2) is 18.2 Å². The molecule has 0 aliphatic heterocycles. The first-order valence-corrected chi connectivity index (χ1v) is 9.12. The molecule has 0 radical (unpaired) electrons. The first-order chi connectivity index (χ1) is 9.72. The van der Waals surface area contributed by atoms with Crippen molar-refractivity contribution in [2.75, 3.05) is 17.6 Å². The van der Waals surface area contributed by atoms with Gasteiger partial charge in [0.1, 0.15) is 6.16 Å². The quantitative estimate of drug-likeness (QED) is 0.497. The Hall–Kier alpha value is -1.21. The zero-order chi connectivity index (χ0) is 14.6. The van der Waals surface area contributed by atoms with Gasteiger partial charge >= 0.3 is 7.80 Å². The average Bonchev–Trinajstić information content (AvgIpc) is 2.43. The van der Waals surface area contributed by atoms with E-state index in [2.05, 4.69) is 12.2 Å². The van der Waals surface area contributed by atoms with Crippen LogP contribution in [0.2, 0.25) is 0 Å². The Morgan fingerprint density at radius 2 is 1.70 bits per heavy atom. The van der Waals surface area contributed by atoms with E-state index in [4.69, 9.17) is 0 Å². The molecule has 1 aromatic carbocycles. The van der Waals surface area contributed by atoms with E-state index in [1.807, 2.05) is 30.3 Å². The molecule has 3 nitrogen and oxygen atoms in total. The predicted octanol–water partition coefficient (Wildman–Crippen LogP) is 4.81. The molecule has 4 heteroatoms. The number of nitrogens with one attached hydrogen (secondary N) is 1. The van der Waals surface area contributed by atoms with Crippen LogP contribution in [-0.2, 0) is 9.36 Å². The molecule has 0 spiro atoms. The first kappa shape index (κ1) is 16.8. The van der Waals surface area contributed by atoms with Gasteiger partial charge in [-0.3, -0.25) is 4.79 Å². The summed E-state index contributed by atoms with van der Waals surface area (Å²) < 4.78 is 11.8. The van der Waals surface area contributed by atoms with Gasteiger partial charge < -0.3 is 5.32 Å². The van der Waals surface area contributed by atoms with Crippen molar-refractivity contribution in [1.82, 2.24) is 0 Å². The maximum absolute atomic E-state index is 11.8. The summed E-state index contributed by atoms with van der Waals surface area (Å²) in [5.41, 5.74) is 0.764. The van der Waals surface area contributed by atoms with Crippen LogP contribution < -0.4 is 5.32 Å². The van der Waals surface area contributed by atoms with E-state index < -0.39 is 7.80 Å². The lowest BCUT2D eigenvalue weighted by Gasteiger charge is -2.00. The van der Waals surface area contributed by atoms with Gasteiger partial charge in [0.25, 0.3) is 5.91 Å². The first-order valence-electron chi connectivity index (χ1n) is 7.49. The molecule has 1 N–H and O–H groups in total. The standard InChI is InChI=1S/C16H24NO2P/c1-2-3-4-5-6-10-13-20(19)14-16(18)17-15-11-8-7-9-12-15/h7-9,11-12H,2-6,10,13-14H2,1H3/p+1. The third-order valence-corrected chi connectivity index (χ3v) is 4.59. The minimum atomic E-state index is -1.40. The highest BCUT2D eigenvalue weighted by Gasteiger charge is 2.20. The van der Waals surface area contributed by atoms with Gasteiger partial charge in [0, 0.05) is 5.69 Å².